The van der Waals surface area contributed by atoms with Gasteiger partial charge >= 0.3 is 0 Å². The number of fused-ring (bicyclic) bond motifs is 1. The quantitative estimate of drug-likeness (QED) is 0.746. The Hall–Kier alpha value is -1.35. The third-order valence-electron chi connectivity index (χ3n) is 2.49. The molecule has 1 aliphatic heterocycles. The van der Waals surface area contributed by atoms with Gasteiger partial charge in [0.1, 0.15) is 0 Å². The van der Waals surface area contributed by atoms with Crippen LogP contribution < -0.4 is 5.32 Å². The Bertz CT molecular complexity index is 374. The largest absolute Gasteiger partial charge is 0.378 e. The van der Waals surface area contributed by atoms with E-state index in [-0.39, 0.29) is 5.91 Å². The van der Waals surface area contributed by atoms with E-state index in [1.807, 2.05) is 12.1 Å². The van der Waals surface area contributed by atoms with Crippen molar-refractivity contribution >= 4 is 11.6 Å². The van der Waals surface area contributed by atoms with E-state index in [4.69, 9.17) is 0 Å². The first-order chi connectivity index (χ1) is 6.74. The first-order valence-electron chi connectivity index (χ1n) is 4.84. The van der Waals surface area contributed by atoms with Gasteiger partial charge in [0.25, 0.3) is 5.91 Å². The predicted molar refractivity (Wildman–Crippen MR) is 54.0 cm³/mol. The SMILES string of the molecule is CCCc1cccc2c1NC(=O)C2O. The standard InChI is InChI=1S/C11H13NO2/c1-2-4-7-5-3-6-8-9(7)12-11(14)10(8)13/h3,5-6,10,13H,2,4H2,1H3,(H,12,14). The second kappa shape index (κ2) is 3.42. The van der Waals surface area contributed by atoms with Crippen molar-refractivity contribution in [2.45, 2.75) is 25.9 Å². The average molecular weight is 191 g/mol. The van der Waals surface area contributed by atoms with Crippen LogP contribution >= 0.6 is 0 Å². The number of hydrogen-bond donors (Lipinski definition) is 2. The van der Waals surface area contributed by atoms with E-state index in [0.29, 0.717) is 5.56 Å². The predicted octanol–water partition coefficient (Wildman–Crippen LogP) is 1.62. The van der Waals surface area contributed by atoms with E-state index in [1.54, 1.807) is 6.07 Å². The van der Waals surface area contributed by atoms with Crippen molar-refractivity contribution in [2.75, 3.05) is 5.32 Å². The number of para-hydroxylation sites is 1. The summed E-state index contributed by atoms with van der Waals surface area (Å²) in [4.78, 5) is 11.2. The van der Waals surface area contributed by atoms with E-state index < -0.39 is 6.10 Å². The minimum Gasteiger partial charge on any atom is -0.378 e. The lowest BCUT2D eigenvalue weighted by Crippen LogP contribution is -2.10. The van der Waals surface area contributed by atoms with Crippen LogP contribution in [0.15, 0.2) is 18.2 Å². The normalized spacial score (nSPS) is 19.3. The van der Waals surface area contributed by atoms with E-state index >= 15 is 0 Å². The van der Waals surface area contributed by atoms with Gasteiger partial charge in [0.15, 0.2) is 6.10 Å². The molecule has 0 aliphatic carbocycles. The van der Waals surface area contributed by atoms with Gasteiger partial charge < -0.3 is 10.4 Å². The number of hydrogen-bond acceptors (Lipinski definition) is 2. The van der Waals surface area contributed by atoms with Gasteiger partial charge in [-0.15, -0.1) is 0 Å². The number of aliphatic hydroxyl groups excluding tert-OH is 1. The first kappa shape index (κ1) is 9.21. The molecular formula is C11H13NO2. The fourth-order valence-electron chi connectivity index (χ4n) is 1.81. The molecule has 2 N–H and O–H groups in total. The van der Waals surface area contributed by atoms with Gasteiger partial charge in [-0.25, -0.2) is 0 Å². The number of nitrogens with one attached hydrogen (secondary N) is 1. The molecule has 1 unspecified atom stereocenters. The molecule has 0 saturated heterocycles. The summed E-state index contributed by atoms with van der Waals surface area (Å²) in [5, 5.41) is 12.2. The maximum absolute atomic E-state index is 11.2. The summed E-state index contributed by atoms with van der Waals surface area (Å²) in [5.41, 5.74) is 2.63. The van der Waals surface area contributed by atoms with Gasteiger partial charge in [0.2, 0.25) is 0 Å². The highest BCUT2D eigenvalue weighted by molar-refractivity contribution is 6.02. The zero-order valence-electron chi connectivity index (χ0n) is 8.08. The second-order valence-electron chi connectivity index (χ2n) is 3.52. The molecule has 0 bridgehead atoms. The van der Waals surface area contributed by atoms with E-state index in [2.05, 4.69) is 12.2 Å². The van der Waals surface area contributed by atoms with Crippen LogP contribution in [0.3, 0.4) is 0 Å². The summed E-state index contributed by atoms with van der Waals surface area (Å²) in [6, 6.07) is 5.66. The molecule has 14 heavy (non-hydrogen) atoms. The van der Waals surface area contributed by atoms with E-state index in [0.717, 1.165) is 24.1 Å². The van der Waals surface area contributed by atoms with Crippen LogP contribution in [-0.4, -0.2) is 11.0 Å². The fraction of sp³-hybridized carbons (Fsp3) is 0.364. The van der Waals surface area contributed by atoms with Crippen molar-refractivity contribution < 1.29 is 9.90 Å². The Morgan fingerprint density at radius 2 is 2.29 bits per heavy atom. The number of carbonyl (C=O) groups is 1. The van der Waals surface area contributed by atoms with Crippen molar-refractivity contribution in [3.8, 4) is 0 Å². The lowest BCUT2D eigenvalue weighted by atomic mass is 10.0. The van der Waals surface area contributed by atoms with Crippen molar-refractivity contribution in [3.63, 3.8) is 0 Å². The summed E-state index contributed by atoms with van der Waals surface area (Å²) < 4.78 is 0. The molecule has 74 valence electrons. The Morgan fingerprint density at radius 3 is 3.00 bits per heavy atom. The molecule has 1 heterocycles. The Balaban J connectivity index is 2.44. The van der Waals surface area contributed by atoms with Crippen LogP contribution in [-0.2, 0) is 11.2 Å². The minimum atomic E-state index is -0.984. The molecule has 1 aromatic carbocycles. The first-order valence-corrected chi connectivity index (χ1v) is 4.84. The summed E-state index contributed by atoms with van der Waals surface area (Å²) in [7, 11) is 0. The van der Waals surface area contributed by atoms with E-state index in [9.17, 15) is 9.90 Å². The minimum absolute atomic E-state index is 0.316. The van der Waals surface area contributed by atoms with Gasteiger partial charge in [-0.2, -0.15) is 0 Å². The number of amides is 1. The molecule has 1 aliphatic rings. The summed E-state index contributed by atoms with van der Waals surface area (Å²) in [6.45, 7) is 2.09. The van der Waals surface area contributed by atoms with Gasteiger partial charge in [-0.05, 0) is 12.0 Å². The smallest absolute Gasteiger partial charge is 0.257 e. The number of carbonyl (C=O) groups excluding carboxylic acids is 1. The molecule has 0 fully saturated rings. The molecule has 0 saturated carbocycles. The maximum atomic E-state index is 11.2. The van der Waals surface area contributed by atoms with Gasteiger partial charge in [0.05, 0.1) is 5.69 Å². The highest BCUT2D eigenvalue weighted by Gasteiger charge is 2.29. The summed E-state index contributed by atoms with van der Waals surface area (Å²) in [5.74, 6) is -0.316. The molecule has 1 aromatic rings. The molecule has 1 amide bonds. The fourth-order valence-corrected chi connectivity index (χ4v) is 1.81. The molecule has 3 nitrogen and oxygen atoms in total. The summed E-state index contributed by atoms with van der Waals surface area (Å²) >= 11 is 0. The Morgan fingerprint density at radius 1 is 1.50 bits per heavy atom. The zero-order chi connectivity index (χ0) is 10.1. The lowest BCUT2D eigenvalue weighted by molar-refractivity contribution is -0.123. The van der Waals surface area contributed by atoms with Crippen molar-refractivity contribution in [1.29, 1.82) is 0 Å². The number of benzene rings is 1. The third kappa shape index (κ3) is 1.30. The van der Waals surface area contributed by atoms with Crippen LogP contribution in [0.5, 0.6) is 0 Å². The van der Waals surface area contributed by atoms with Crippen LogP contribution in [0.25, 0.3) is 0 Å². The molecule has 0 spiro atoms. The monoisotopic (exact) mass is 191 g/mol. The van der Waals surface area contributed by atoms with Crippen LogP contribution in [0, 0.1) is 0 Å². The molecule has 1 atom stereocenters. The topological polar surface area (TPSA) is 49.3 Å². The molecule has 2 rings (SSSR count). The van der Waals surface area contributed by atoms with E-state index in [1.165, 1.54) is 0 Å². The maximum Gasteiger partial charge on any atom is 0.257 e. The lowest BCUT2D eigenvalue weighted by Gasteiger charge is -2.06. The van der Waals surface area contributed by atoms with Crippen LogP contribution in [0.4, 0.5) is 5.69 Å². The number of aryl methyl sites for hydroxylation is 1. The summed E-state index contributed by atoms with van der Waals surface area (Å²) in [6.07, 6.45) is 0.972. The number of rotatable bonds is 2. The highest BCUT2D eigenvalue weighted by atomic mass is 16.3. The van der Waals surface area contributed by atoms with Gasteiger partial charge in [-0.3, -0.25) is 4.79 Å². The molecule has 0 aromatic heterocycles. The van der Waals surface area contributed by atoms with Crippen molar-refractivity contribution in [3.05, 3.63) is 29.3 Å². The molecule has 3 heteroatoms. The van der Waals surface area contributed by atoms with Crippen LogP contribution in [0.1, 0.15) is 30.6 Å². The average Bonchev–Trinajstić information content (AvgIpc) is 2.46. The number of anilines is 1. The van der Waals surface area contributed by atoms with Crippen LogP contribution in [0.2, 0.25) is 0 Å². The Labute approximate surface area is 82.8 Å². The Kier molecular flexibility index (Phi) is 2.25. The highest BCUT2D eigenvalue weighted by Crippen LogP contribution is 2.33. The van der Waals surface area contributed by atoms with Gasteiger partial charge in [-0.1, -0.05) is 31.5 Å². The number of aliphatic hydroxyl groups is 1. The zero-order valence-corrected chi connectivity index (χ0v) is 8.08. The van der Waals surface area contributed by atoms with Gasteiger partial charge in [0, 0.05) is 5.56 Å². The molecule has 0 radical (unpaired) electrons. The van der Waals surface area contributed by atoms with Crippen molar-refractivity contribution in [2.24, 2.45) is 0 Å². The van der Waals surface area contributed by atoms with Crippen molar-refractivity contribution in [1.82, 2.24) is 0 Å². The third-order valence-corrected chi connectivity index (χ3v) is 2.49. The second-order valence-corrected chi connectivity index (χ2v) is 3.52. The molecular weight excluding hydrogens is 178 g/mol.